The minimum absolute atomic E-state index is 0.0653. The number of fused-ring (bicyclic) bond motifs is 2. The first kappa shape index (κ1) is 22.4. The summed E-state index contributed by atoms with van der Waals surface area (Å²) in [5, 5.41) is 19.1. The largest absolute Gasteiger partial charge is 0.508 e. The lowest BCUT2D eigenvalue weighted by Crippen LogP contribution is -2.29. The predicted molar refractivity (Wildman–Crippen MR) is 143 cm³/mol. The Labute approximate surface area is 211 Å². The number of aromatic amines is 1. The van der Waals surface area contributed by atoms with Crippen molar-refractivity contribution in [2.75, 3.05) is 11.1 Å². The number of aromatic hydroxyl groups is 1. The third kappa shape index (κ3) is 3.75. The van der Waals surface area contributed by atoms with Crippen LogP contribution in [0.1, 0.15) is 24.4 Å². The molecular weight excluding hydrogens is 468 g/mol. The highest BCUT2D eigenvalue weighted by Gasteiger charge is 2.22. The molecule has 2 aromatic carbocycles. The van der Waals surface area contributed by atoms with Crippen molar-refractivity contribution in [2.45, 2.75) is 19.9 Å². The fourth-order valence-corrected chi connectivity index (χ4v) is 4.70. The number of hydrogen-bond donors (Lipinski definition) is 4. The molecule has 0 fully saturated rings. The summed E-state index contributed by atoms with van der Waals surface area (Å²) in [6.07, 6.45) is 5.05. The fourth-order valence-electron chi connectivity index (χ4n) is 4.70. The first-order valence-electron chi connectivity index (χ1n) is 11.8. The van der Waals surface area contributed by atoms with E-state index in [2.05, 4.69) is 20.3 Å². The number of hydrogen-bond acceptors (Lipinski definition) is 7. The van der Waals surface area contributed by atoms with E-state index >= 15 is 0 Å². The van der Waals surface area contributed by atoms with Crippen LogP contribution in [0.15, 0.2) is 78.1 Å². The van der Waals surface area contributed by atoms with Gasteiger partial charge in [0, 0.05) is 29.7 Å². The Hall–Kier alpha value is -5.12. The third-order valence-corrected chi connectivity index (χ3v) is 6.39. The van der Waals surface area contributed by atoms with E-state index in [9.17, 15) is 9.90 Å². The number of nitrogen functional groups attached to an aromatic ring is 1. The van der Waals surface area contributed by atoms with Gasteiger partial charge in [0.25, 0.3) is 5.56 Å². The van der Waals surface area contributed by atoms with E-state index in [1.54, 1.807) is 33.6 Å². The van der Waals surface area contributed by atoms with Crippen LogP contribution in [0, 0.1) is 6.92 Å². The Bertz CT molecular complexity index is 1810. The number of nitrogens with two attached hydrogens (primary N) is 1. The van der Waals surface area contributed by atoms with Gasteiger partial charge in [0.15, 0.2) is 5.82 Å². The van der Waals surface area contributed by atoms with E-state index in [1.165, 1.54) is 12.4 Å². The third-order valence-electron chi connectivity index (χ3n) is 6.39. The van der Waals surface area contributed by atoms with Gasteiger partial charge in [-0.3, -0.25) is 9.36 Å². The maximum Gasteiger partial charge on any atom is 0.282 e. The number of phenols is 1. The predicted octanol–water partition coefficient (Wildman–Crippen LogP) is 4.19. The standard InChI is InChI=1S/C27H24N8O2/c1-15-8-9-34-23(15)27(37)35(19-6-4-3-5-7-19)26(33-34)16(2)32-25-22-21(13-29-24(22)30-14-31-25)17-10-18(28)12-20(36)11-17/h3-14,16,36H,28H2,1-2H3,(H2,29,30,31,32). The molecule has 37 heavy (non-hydrogen) atoms. The van der Waals surface area contributed by atoms with Gasteiger partial charge in [-0.25, -0.2) is 14.5 Å². The van der Waals surface area contributed by atoms with Gasteiger partial charge in [-0.05, 0) is 55.3 Å². The van der Waals surface area contributed by atoms with Gasteiger partial charge in [0.2, 0.25) is 0 Å². The molecule has 1 atom stereocenters. The summed E-state index contributed by atoms with van der Waals surface area (Å²) in [6.45, 7) is 3.82. The zero-order valence-electron chi connectivity index (χ0n) is 20.2. The smallest absolute Gasteiger partial charge is 0.282 e. The molecule has 0 aliphatic carbocycles. The Morgan fingerprint density at radius 3 is 2.70 bits per heavy atom. The molecule has 0 spiro atoms. The van der Waals surface area contributed by atoms with Gasteiger partial charge in [-0.1, -0.05) is 18.2 Å². The molecule has 4 heterocycles. The minimum Gasteiger partial charge on any atom is -0.508 e. The molecule has 1 unspecified atom stereocenters. The Morgan fingerprint density at radius 1 is 1.11 bits per heavy atom. The lowest BCUT2D eigenvalue weighted by atomic mass is 10.0. The molecule has 10 nitrogen and oxygen atoms in total. The van der Waals surface area contributed by atoms with Crippen LogP contribution in [0.3, 0.4) is 0 Å². The maximum atomic E-state index is 13.7. The van der Waals surface area contributed by atoms with Crippen LogP contribution >= 0.6 is 0 Å². The second-order valence-corrected chi connectivity index (χ2v) is 8.95. The van der Waals surface area contributed by atoms with Crippen molar-refractivity contribution >= 4 is 28.1 Å². The molecule has 10 heteroatoms. The molecule has 184 valence electrons. The number of aryl methyl sites for hydroxylation is 1. The molecular formula is C27H24N8O2. The molecule has 4 aromatic heterocycles. The number of rotatable bonds is 5. The Balaban J connectivity index is 1.50. The van der Waals surface area contributed by atoms with Gasteiger partial charge in [0.1, 0.15) is 29.1 Å². The van der Waals surface area contributed by atoms with Crippen molar-refractivity contribution in [3.63, 3.8) is 0 Å². The van der Waals surface area contributed by atoms with Crippen LogP contribution < -0.4 is 16.6 Å². The molecule has 0 radical (unpaired) electrons. The number of para-hydroxylation sites is 1. The summed E-state index contributed by atoms with van der Waals surface area (Å²) in [6, 6.07) is 15.8. The van der Waals surface area contributed by atoms with E-state index in [0.29, 0.717) is 28.5 Å². The van der Waals surface area contributed by atoms with Gasteiger partial charge < -0.3 is 21.1 Å². The molecule has 0 saturated carbocycles. The van der Waals surface area contributed by atoms with Gasteiger partial charge in [0.05, 0.1) is 17.1 Å². The summed E-state index contributed by atoms with van der Waals surface area (Å²) in [4.78, 5) is 25.7. The lowest BCUT2D eigenvalue weighted by molar-refractivity contribution is 0.476. The quantitative estimate of drug-likeness (QED) is 0.265. The molecule has 0 saturated heterocycles. The highest BCUT2D eigenvalue weighted by atomic mass is 16.3. The highest BCUT2D eigenvalue weighted by molar-refractivity contribution is 6.01. The second-order valence-electron chi connectivity index (χ2n) is 8.95. The van der Waals surface area contributed by atoms with Gasteiger partial charge >= 0.3 is 0 Å². The number of nitrogens with zero attached hydrogens (tertiary/aromatic N) is 5. The highest BCUT2D eigenvalue weighted by Crippen LogP contribution is 2.35. The Morgan fingerprint density at radius 2 is 1.92 bits per heavy atom. The average Bonchev–Trinajstić information content (AvgIpc) is 3.48. The number of H-pyrrole nitrogens is 1. The van der Waals surface area contributed by atoms with Crippen LogP contribution in [-0.4, -0.2) is 34.2 Å². The number of aromatic nitrogens is 6. The van der Waals surface area contributed by atoms with Crippen LogP contribution in [-0.2, 0) is 0 Å². The van der Waals surface area contributed by atoms with E-state index in [1.807, 2.05) is 50.2 Å². The zero-order chi connectivity index (χ0) is 25.7. The first-order chi connectivity index (χ1) is 17.9. The topological polar surface area (TPSA) is 139 Å². The lowest BCUT2D eigenvalue weighted by Gasteiger charge is -2.20. The number of anilines is 2. The number of benzene rings is 2. The van der Waals surface area contributed by atoms with E-state index < -0.39 is 6.04 Å². The summed E-state index contributed by atoms with van der Waals surface area (Å²) >= 11 is 0. The molecule has 0 aliphatic heterocycles. The normalized spacial score (nSPS) is 12.3. The van der Waals surface area contributed by atoms with Crippen molar-refractivity contribution in [3.8, 4) is 22.6 Å². The van der Waals surface area contributed by atoms with Crippen molar-refractivity contribution < 1.29 is 5.11 Å². The van der Waals surface area contributed by atoms with Crippen molar-refractivity contribution in [2.24, 2.45) is 0 Å². The molecule has 6 aromatic rings. The number of phenolic OH excluding ortho intramolecular Hbond substituents is 1. The van der Waals surface area contributed by atoms with Crippen LogP contribution in [0.4, 0.5) is 11.5 Å². The Kier molecular flexibility index (Phi) is 5.15. The van der Waals surface area contributed by atoms with E-state index in [0.717, 1.165) is 27.8 Å². The minimum atomic E-state index is -0.421. The zero-order valence-corrected chi connectivity index (χ0v) is 20.2. The SMILES string of the molecule is Cc1ccn2nc(C(C)Nc3ncnc4[nH]cc(-c5cc(N)cc(O)c5)c34)n(-c3ccccc3)c(=O)c12. The average molecular weight is 493 g/mol. The fraction of sp³-hybridized carbons (Fsp3) is 0.111. The summed E-state index contributed by atoms with van der Waals surface area (Å²) in [7, 11) is 0. The van der Waals surface area contributed by atoms with Crippen molar-refractivity contribution in [1.29, 1.82) is 0 Å². The number of nitrogens with one attached hydrogen (secondary N) is 2. The molecule has 0 aliphatic rings. The van der Waals surface area contributed by atoms with E-state index in [4.69, 9.17) is 10.8 Å². The van der Waals surface area contributed by atoms with Crippen molar-refractivity contribution in [3.05, 3.63) is 95.1 Å². The molecule has 0 bridgehead atoms. The van der Waals surface area contributed by atoms with Gasteiger partial charge in [-0.15, -0.1) is 0 Å². The second kappa shape index (κ2) is 8.52. The molecule has 0 amide bonds. The van der Waals surface area contributed by atoms with E-state index in [-0.39, 0.29) is 11.3 Å². The summed E-state index contributed by atoms with van der Waals surface area (Å²) in [5.74, 6) is 1.13. The van der Waals surface area contributed by atoms with Crippen LogP contribution in [0.2, 0.25) is 0 Å². The molecule has 5 N–H and O–H groups in total. The molecule has 6 rings (SSSR count). The van der Waals surface area contributed by atoms with Crippen LogP contribution in [0.25, 0.3) is 33.4 Å². The van der Waals surface area contributed by atoms with Crippen molar-refractivity contribution in [1.82, 2.24) is 29.1 Å². The maximum absolute atomic E-state index is 13.7. The summed E-state index contributed by atoms with van der Waals surface area (Å²) < 4.78 is 3.25. The van der Waals surface area contributed by atoms with Gasteiger partial charge in [-0.2, -0.15) is 5.10 Å². The monoisotopic (exact) mass is 492 g/mol. The first-order valence-corrected chi connectivity index (χ1v) is 11.8. The summed E-state index contributed by atoms with van der Waals surface area (Å²) in [5.41, 5.74) is 10.5. The van der Waals surface area contributed by atoms with Crippen LogP contribution in [0.5, 0.6) is 5.75 Å².